The summed E-state index contributed by atoms with van der Waals surface area (Å²) in [5.41, 5.74) is -0.469. The van der Waals surface area contributed by atoms with Crippen LogP contribution in [0, 0.1) is 11.3 Å². The number of carbonyl (C=O) groups excluding carboxylic acids is 2. The van der Waals surface area contributed by atoms with Gasteiger partial charge in [-0.1, -0.05) is 34.6 Å². The Kier molecular flexibility index (Phi) is 5.48. The third-order valence-corrected chi connectivity index (χ3v) is 2.26. The zero-order chi connectivity index (χ0) is 12.9. The second-order valence-electron chi connectivity index (χ2n) is 5.52. The Bertz CT molecular complexity index is 254. The number of amides is 2. The smallest absolute Gasteiger partial charge is 0.242 e. The van der Waals surface area contributed by atoms with Crippen LogP contribution in [-0.2, 0) is 9.59 Å². The summed E-state index contributed by atoms with van der Waals surface area (Å²) in [5, 5.41) is 5.36. The molecular formula is C12H24N2O2. The molecule has 0 radical (unpaired) electrons. The van der Waals surface area contributed by atoms with Crippen molar-refractivity contribution in [2.24, 2.45) is 11.3 Å². The summed E-state index contributed by atoms with van der Waals surface area (Å²) >= 11 is 0. The molecule has 2 amide bonds. The van der Waals surface area contributed by atoms with Gasteiger partial charge in [0.05, 0.1) is 0 Å². The maximum Gasteiger partial charge on any atom is 0.242 e. The molecule has 0 spiro atoms. The Balaban J connectivity index is 4.55. The Morgan fingerprint density at radius 2 is 1.69 bits per heavy atom. The molecule has 1 unspecified atom stereocenters. The van der Waals surface area contributed by atoms with Gasteiger partial charge in [0.25, 0.3) is 0 Å². The van der Waals surface area contributed by atoms with Crippen molar-refractivity contribution in [2.75, 3.05) is 7.05 Å². The third kappa shape index (κ3) is 5.14. The molecule has 0 heterocycles. The monoisotopic (exact) mass is 228 g/mol. The molecule has 0 saturated carbocycles. The van der Waals surface area contributed by atoms with Gasteiger partial charge in [-0.25, -0.2) is 0 Å². The van der Waals surface area contributed by atoms with Crippen LogP contribution in [0.4, 0.5) is 0 Å². The zero-order valence-electron chi connectivity index (χ0n) is 11.2. The van der Waals surface area contributed by atoms with E-state index in [1.54, 1.807) is 7.05 Å². The fraction of sp³-hybridized carbons (Fsp3) is 0.833. The maximum absolute atomic E-state index is 11.8. The lowest BCUT2D eigenvalue weighted by Crippen LogP contribution is -2.49. The van der Waals surface area contributed by atoms with E-state index in [0.29, 0.717) is 12.3 Å². The lowest BCUT2D eigenvalue weighted by molar-refractivity contribution is -0.133. The first kappa shape index (κ1) is 14.9. The molecule has 2 N–H and O–H groups in total. The van der Waals surface area contributed by atoms with Crippen molar-refractivity contribution >= 4 is 11.8 Å². The van der Waals surface area contributed by atoms with Crippen molar-refractivity contribution in [1.29, 1.82) is 0 Å². The van der Waals surface area contributed by atoms with E-state index in [4.69, 9.17) is 0 Å². The molecule has 0 aromatic rings. The van der Waals surface area contributed by atoms with Gasteiger partial charge in [0.1, 0.15) is 6.04 Å². The molecule has 94 valence electrons. The minimum absolute atomic E-state index is 0.0956. The van der Waals surface area contributed by atoms with Gasteiger partial charge in [-0.2, -0.15) is 0 Å². The maximum atomic E-state index is 11.8. The minimum atomic E-state index is -0.469. The average molecular weight is 228 g/mol. The highest BCUT2D eigenvalue weighted by atomic mass is 16.2. The van der Waals surface area contributed by atoms with Crippen molar-refractivity contribution < 1.29 is 9.59 Å². The van der Waals surface area contributed by atoms with Crippen LogP contribution in [0.3, 0.4) is 0 Å². The predicted molar refractivity (Wildman–Crippen MR) is 64.9 cm³/mol. The quantitative estimate of drug-likeness (QED) is 0.762. The molecule has 1 atom stereocenters. The van der Waals surface area contributed by atoms with E-state index in [2.05, 4.69) is 10.6 Å². The summed E-state index contributed by atoms with van der Waals surface area (Å²) in [6.45, 7) is 9.55. The van der Waals surface area contributed by atoms with Gasteiger partial charge in [0.2, 0.25) is 11.8 Å². The third-order valence-electron chi connectivity index (χ3n) is 2.26. The van der Waals surface area contributed by atoms with E-state index in [1.165, 1.54) is 0 Å². The number of rotatable bonds is 4. The summed E-state index contributed by atoms with van der Waals surface area (Å²) in [6.07, 6.45) is 0.654. The lowest BCUT2D eigenvalue weighted by Gasteiger charge is -2.24. The van der Waals surface area contributed by atoms with Crippen LogP contribution in [0.15, 0.2) is 0 Å². The van der Waals surface area contributed by atoms with Crippen molar-refractivity contribution in [3.05, 3.63) is 0 Å². The van der Waals surface area contributed by atoms with E-state index in [0.717, 1.165) is 0 Å². The van der Waals surface area contributed by atoms with E-state index >= 15 is 0 Å². The van der Waals surface area contributed by atoms with Crippen LogP contribution in [-0.4, -0.2) is 24.9 Å². The normalized spacial score (nSPS) is 13.4. The molecule has 0 bridgehead atoms. The summed E-state index contributed by atoms with van der Waals surface area (Å²) in [6, 6.07) is -0.434. The average Bonchev–Trinajstić information content (AvgIpc) is 2.13. The second-order valence-corrected chi connectivity index (χ2v) is 5.52. The molecule has 0 saturated heterocycles. The first-order valence-electron chi connectivity index (χ1n) is 5.71. The van der Waals surface area contributed by atoms with Crippen molar-refractivity contribution in [1.82, 2.24) is 10.6 Å². The van der Waals surface area contributed by atoms with Crippen LogP contribution >= 0.6 is 0 Å². The SMILES string of the molecule is CNC(=O)C(CC(C)C)NC(=O)C(C)(C)C. The molecule has 4 nitrogen and oxygen atoms in total. The Morgan fingerprint density at radius 1 is 1.19 bits per heavy atom. The minimum Gasteiger partial charge on any atom is -0.357 e. The van der Waals surface area contributed by atoms with E-state index in [1.807, 2.05) is 34.6 Å². The van der Waals surface area contributed by atoms with E-state index in [9.17, 15) is 9.59 Å². The lowest BCUT2D eigenvalue weighted by atomic mass is 9.94. The topological polar surface area (TPSA) is 58.2 Å². The Morgan fingerprint density at radius 3 is 2.00 bits per heavy atom. The number of hydrogen-bond acceptors (Lipinski definition) is 2. The van der Waals surface area contributed by atoms with Gasteiger partial charge >= 0.3 is 0 Å². The molecule has 16 heavy (non-hydrogen) atoms. The molecule has 0 aromatic heterocycles. The first-order chi connectivity index (χ1) is 7.18. The van der Waals surface area contributed by atoms with Crippen LogP contribution in [0.25, 0.3) is 0 Å². The molecule has 0 aliphatic carbocycles. The van der Waals surface area contributed by atoms with Gasteiger partial charge in [-0.3, -0.25) is 9.59 Å². The van der Waals surface area contributed by atoms with Crippen LogP contribution < -0.4 is 10.6 Å². The Labute approximate surface area is 98.2 Å². The van der Waals surface area contributed by atoms with Crippen LogP contribution in [0.5, 0.6) is 0 Å². The van der Waals surface area contributed by atoms with Crippen molar-refractivity contribution in [3.8, 4) is 0 Å². The summed E-state index contributed by atoms with van der Waals surface area (Å²) in [5.74, 6) is 0.135. The molecule has 0 fully saturated rings. The number of likely N-dealkylation sites (N-methyl/N-ethyl adjacent to an activating group) is 1. The zero-order valence-corrected chi connectivity index (χ0v) is 11.2. The van der Waals surface area contributed by atoms with E-state index in [-0.39, 0.29) is 11.8 Å². The second kappa shape index (κ2) is 5.87. The van der Waals surface area contributed by atoms with Crippen molar-refractivity contribution in [3.63, 3.8) is 0 Å². The molecule has 0 aliphatic heterocycles. The highest BCUT2D eigenvalue weighted by Crippen LogP contribution is 2.14. The fourth-order valence-electron chi connectivity index (χ4n) is 1.25. The fourth-order valence-corrected chi connectivity index (χ4v) is 1.25. The summed E-state index contributed by atoms with van der Waals surface area (Å²) < 4.78 is 0. The van der Waals surface area contributed by atoms with Gasteiger partial charge < -0.3 is 10.6 Å². The largest absolute Gasteiger partial charge is 0.357 e. The standard InChI is InChI=1S/C12H24N2O2/c1-8(2)7-9(10(15)13-6)14-11(16)12(3,4)5/h8-9H,7H2,1-6H3,(H,13,15)(H,14,16). The summed E-state index contributed by atoms with van der Waals surface area (Å²) in [4.78, 5) is 23.4. The molecule has 0 aromatic carbocycles. The van der Waals surface area contributed by atoms with E-state index < -0.39 is 11.5 Å². The number of nitrogens with one attached hydrogen (secondary N) is 2. The molecule has 0 rings (SSSR count). The van der Waals surface area contributed by atoms with Crippen LogP contribution in [0.2, 0.25) is 0 Å². The predicted octanol–water partition coefficient (Wildman–Crippen LogP) is 1.31. The molecule has 4 heteroatoms. The highest BCUT2D eigenvalue weighted by molar-refractivity contribution is 5.89. The highest BCUT2D eigenvalue weighted by Gasteiger charge is 2.27. The van der Waals surface area contributed by atoms with Gasteiger partial charge in [0, 0.05) is 12.5 Å². The first-order valence-corrected chi connectivity index (χ1v) is 5.71. The number of carbonyl (C=O) groups is 2. The molecule has 0 aliphatic rings. The Hall–Kier alpha value is -1.06. The number of hydrogen-bond donors (Lipinski definition) is 2. The summed E-state index contributed by atoms with van der Waals surface area (Å²) in [7, 11) is 1.58. The molecular weight excluding hydrogens is 204 g/mol. The van der Waals surface area contributed by atoms with Crippen molar-refractivity contribution in [2.45, 2.75) is 47.1 Å². The van der Waals surface area contributed by atoms with Gasteiger partial charge in [-0.15, -0.1) is 0 Å². The van der Waals surface area contributed by atoms with Gasteiger partial charge in [-0.05, 0) is 12.3 Å². The van der Waals surface area contributed by atoms with Gasteiger partial charge in [0.15, 0.2) is 0 Å². The van der Waals surface area contributed by atoms with Crippen LogP contribution in [0.1, 0.15) is 41.0 Å².